The zero-order chi connectivity index (χ0) is 23.1. The molecule has 6 aromatic rings. The van der Waals surface area contributed by atoms with Gasteiger partial charge >= 0.3 is 0 Å². The smallest absolute Gasteiger partial charge is 0.0516 e. The Morgan fingerprint density at radius 1 is 0.588 bits per heavy atom. The van der Waals surface area contributed by atoms with Crippen molar-refractivity contribution in [2.75, 3.05) is 0 Å². The van der Waals surface area contributed by atoms with Crippen molar-refractivity contribution >= 4 is 21.8 Å². The number of benzene rings is 4. The lowest BCUT2D eigenvalue weighted by Gasteiger charge is -2.12. The highest BCUT2D eigenvalue weighted by atomic mass is 15.0. The highest BCUT2D eigenvalue weighted by molar-refractivity contribution is 6.01. The van der Waals surface area contributed by atoms with Crippen LogP contribution < -0.4 is 0 Å². The minimum absolute atomic E-state index is 0.848. The van der Waals surface area contributed by atoms with Gasteiger partial charge in [0.1, 0.15) is 0 Å². The molecule has 2 nitrogen and oxygen atoms in total. The summed E-state index contributed by atoms with van der Waals surface area (Å²) in [6.45, 7) is 6.15. The first-order valence-electron chi connectivity index (χ1n) is 11.9. The predicted octanol–water partition coefficient (Wildman–Crippen LogP) is 7.98. The summed E-state index contributed by atoms with van der Waals surface area (Å²) < 4.78 is 4.90. The summed E-state index contributed by atoms with van der Waals surface area (Å²) >= 11 is 0. The molecule has 0 unspecified atom stereocenters. The van der Waals surface area contributed by atoms with Crippen molar-refractivity contribution in [2.24, 2.45) is 0 Å². The number of aromatic nitrogens is 2. The molecule has 0 N–H and O–H groups in total. The van der Waals surface area contributed by atoms with E-state index in [1.54, 1.807) is 0 Å². The van der Waals surface area contributed by atoms with Gasteiger partial charge in [-0.3, -0.25) is 0 Å². The first-order valence-corrected chi connectivity index (χ1v) is 11.9. The van der Waals surface area contributed by atoms with E-state index >= 15 is 0 Å². The van der Waals surface area contributed by atoms with Crippen LogP contribution in [-0.4, -0.2) is 9.13 Å². The molecule has 0 atom stereocenters. The summed E-state index contributed by atoms with van der Waals surface area (Å²) in [5.41, 5.74) is 10.4. The number of rotatable bonds is 5. The van der Waals surface area contributed by atoms with Gasteiger partial charge in [0, 0.05) is 46.7 Å². The molecule has 2 aromatic heterocycles. The standard InChI is InChI=1S/C32H28N2/c1-23-11-9-17-29-27(23)19-31(34(29)21-26-15-7-4-8-16-26)28-22-33(20-25-13-5-3-6-14-25)30-18-10-12-24(2)32(28)30/h3-19,22H,20-21H2,1-2H3. The normalized spacial score (nSPS) is 11.5. The minimum atomic E-state index is 0.848. The molecule has 4 aromatic carbocycles. The van der Waals surface area contributed by atoms with Gasteiger partial charge in [-0.25, -0.2) is 0 Å². The van der Waals surface area contributed by atoms with E-state index in [1.807, 2.05) is 0 Å². The average molecular weight is 441 g/mol. The molecular formula is C32H28N2. The van der Waals surface area contributed by atoms with Crippen molar-refractivity contribution in [3.63, 3.8) is 0 Å². The van der Waals surface area contributed by atoms with Crippen molar-refractivity contribution in [1.29, 1.82) is 0 Å². The fourth-order valence-corrected chi connectivity index (χ4v) is 5.23. The van der Waals surface area contributed by atoms with Gasteiger partial charge in [0.05, 0.1) is 5.69 Å². The van der Waals surface area contributed by atoms with Crippen LogP contribution in [0.15, 0.2) is 109 Å². The molecule has 34 heavy (non-hydrogen) atoms. The summed E-state index contributed by atoms with van der Waals surface area (Å²) in [7, 11) is 0. The van der Waals surface area contributed by atoms with Crippen LogP contribution in [-0.2, 0) is 13.1 Å². The van der Waals surface area contributed by atoms with Crippen molar-refractivity contribution in [3.05, 3.63) is 132 Å². The predicted molar refractivity (Wildman–Crippen MR) is 143 cm³/mol. The Balaban J connectivity index is 1.60. The van der Waals surface area contributed by atoms with E-state index in [9.17, 15) is 0 Å². The second-order valence-electron chi connectivity index (χ2n) is 9.23. The minimum Gasteiger partial charge on any atom is -0.342 e. The third-order valence-electron chi connectivity index (χ3n) is 6.93. The van der Waals surface area contributed by atoms with E-state index in [0.29, 0.717) is 0 Å². The fourth-order valence-electron chi connectivity index (χ4n) is 5.23. The van der Waals surface area contributed by atoms with Crippen molar-refractivity contribution in [2.45, 2.75) is 26.9 Å². The molecule has 0 aliphatic carbocycles. The SMILES string of the molecule is Cc1cccc2c1cc(-c1cn(Cc3ccccc3)c3cccc(C)c13)n2Cc1ccccc1. The molecule has 0 saturated heterocycles. The van der Waals surface area contributed by atoms with Gasteiger partial charge in [0.25, 0.3) is 0 Å². The lowest BCUT2D eigenvalue weighted by Crippen LogP contribution is -2.01. The van der Waals surface area contributed by atoms with Crippen LogP contribution in [0.1, 0.15) is 22.3 Å². The summed E-state index contributed by atoms with van der Waals surface area (Å²) in [5.74, 6) is 0. The van der Waals surface area contributed by atoms with Gasteiger partial charge in [-0.15, -0.1) is 0 Å². The highest BCUT2D eigenvalue weighted by Crippen LogP contribution is 2.37. The van der Waals surface area contributed by atoms with Gasteiger partial charge in [0.2, 0.25) is 0 Å². The Bertz CT molecular complexity index is 1600. The van der Waals surface area contributed by atoms with Crippen LogP contribution in [0.3, 0.4) is 0 Å². The number of aryl methyl sites for hydroxylation is 2. The lowest BCUT2D eigenvalue weighted by molar-refractivity contribution is 0.829. The van der Waals surface area contributed by atoms with Crippen LogP contribution in [0.25, 0.3) is 33.1 Å². The molecule has 0 aliphatic rings. The van der Waals surface area contributed by atoms with E-state index in [-0.39, 0.29) is 0 Å². The van der Waals surface area contributed by atoms with Crippen LogP contribution in [0.2, 0.25) is 0 Å². The van der Waals surface area contributed by atoms with Gasteiger partial charge in [0.15, 0.2) is 0 Å². The summed E-state index contributed by atoms with van der Waals surface area (Å²) in [4.78, 5) is 0. The van der Waals surface area contributed by atoms with Gasteiger partial charge < -0.3 is 9.13 Å². The largest absolute Gasteiger partial charge is 0.342 e. The van der Waals surface area contributed by atoms with Crippen molar-refractivity contribution in [3.8, 4) is 11.3 Å². The second-order valence-corrected chi connectivity index (χ2v) is 9.23. The molecule has 0 fully saturated rings. The quantitative estimate of drug-likeness (QED) is 0.257. The van der Waals surface area contributed by atoms with Crippen LogP contribution in [0.4, 0.5) is 0 Å². The summed E-state index contributed by atoms with van der Waals surface area (Å²) in [5, 5.41) is 2.67. The fraction of sp³-hybridized carbons (Fsp3) is 0.125. The molecule has 2 heteroatoms. The molecule has 0 radical (unpaired) electrons. The molecule has 0 bridgehead atoms. The number of hydrogen-bond donors (Lipinski definition) is 0. The molecule has 6 rings (SSSR count). The second kappa shape index (κ2) is 8.39. The first-order chi connectivity index (χ1) is 16.7. The Kier molecular flexibility index (Phi) is 5.07. The van der Waals surface area contributed by atoms with E-state index in [0.717, 1.165) is 13.1 Å². The molecule has 0 amide bonds. The maximum Gasteiger partial charge on any atom is 0.0516 e. The lowest BCUT2D eigenvalue weighted by atomic mass is 10.0. The van der Waals surface area contributed by atoms with Crippen molar-refractivity contribution < 1.29 is 0 Å². The monoisotopic (exact) mass is 440 g/mol. The third-order valence-corrected chi connectivity index (χ3v) is 6.93. The zero-order valence-corrected chi connectivity index (χ0v) is 19.7. The molecule has 2 heterocycles. The maximum absolute atomic E-state index is 2.49. The molecule has 166 valence electrons. The Morgan fingerprint density at radius 2 is 1.21 bits per heavy atom. The highest BCUT2D eigenvalue weighted by Gasteiger charge is 2.18. The Morgan fingerprint density at radius 3 is 1.91 bits per heavy atom. The van der Waals surface area contributed by atoms with E-state index in [1.165, 1.54) is 55.3 Å². The maximum atomic E-state index is 2.49. The van der Waals surface area contributed by atoms with Gasteiger partial charge in [-0.05, 0) is 54.3 Å². The van der Waals surface area contributed by atoms with Gasteiger partial charge in [-0.1, -0.05) is 84.9 Å². The van der Waals surface area contributed by atoms with E-state index in [4.69, 9.17) is 0 Å². The van der Waals surface area contributed by atoms with Crippen LogP contribution in [0, 0.1) is 13.8 Å². The molecule has 0 spiro atoms. The van der Waals surface area contributed by atoms with Crippen LogP contribution in [0.5, 0.6) is 0 Å². The number of fused-ring (bicyclic) bond motifs is 2. The Hall–Kier alpha value is -4.04. The Labute approximate surface area is 200 Å². The topological polar surface area (TPSA) is 9.86 Å². The summed E-state index contributed by atoms with van der Waals surface area (Å²) in [6.07, 6.45) is 2.36. The molecular weight excluding hydrogens is 412 g/mol. The van der Waals surface area contributed by atoms with Crippen molar-refractivity contribution in [1.82, 2.24) is 9.13 Å². The average Bonchev–Trinajstić information content (AvgIpc) is 3.41. The van der Waals surface area contributed by atoms with Crippen LogP contribution >= 0.6 is 0 Å². The summed E-state index contributed by atoms with van der Waals surface area (Å²) in [6, 6.07) is 37.2. The number of nitrogens with zero attached hydrogens (tertiary/aromatic N) is 2. The van der Waals surface area contributed by atoms with E-state index < -0.39 is 0 Å². The number of hydrogen-bond acceptors (Lipinski definition) is 0. The molecule has 0 saturated carbocycles. The van der Waals surface area contributed by atoms with E-state index in [2.05, 4.69) is 132 Å². The first kappa shape index (κ1) is 20.6. The zero-order valence-electron chi connectivity index (χ0n) is 19.7. The molecule has 0 aliphatic heterocycles. The van der Waals surface area contributed by atoms with Gasteiger partial charge in [-0.2, -0.15) is 0 Å². The third kappa shape index (κ3) is 3.52.